The normalized spacial score (nSPS) is 13.5. The van der Waals surface area contributed by atoms with E-state index in [0.29, 0.717) is 5.52 Å². The third-order valence-electron chi connectivity index (χ3n) is 6.24. The predicted molar refractivity (Wildman–Crippen MR) is 145 cm³/mol. The molecule has 0 atom stereocenters. The molecule has 186 valence electrons. The number of aryl methyl sites for hydroxylation is 2. The van der Waals surface area contributed by atoms with Gasteiger partial charge in [-0.2, -0.15) is 10.2 Å². The van der Waals surface area contributed by atoms with Crippen molar-refractivity contribution in [1.82, 2.24) is 9.99 Å². The Labute approximate surface area is 213 Å². The summed E-state index contributed by atoms with van der Waals surface area (Å²) < 4.78 is 16.8. The number of anilines is 1. The smallest absolute Gasteiger partial charge is 0.276 e. The minimum absolute atomic E-state index is 0.0852. The molecule has 2 N–H and O–H groups in total. The average Bonchev–Trinajstić information content (AvgIpc) is 3.73. The molecule has 4 aromatic rings. The highest BCUT2D eigenvalue weighted by Crippen LogP contribution is 2.37. The van der Waals surface area contributed by atoms with E-state index in [-0.39, 0.29) is 22.7 Å². The number of carbonyl (C=O) groups is 1. The summed E-state index contributed by atoms with van der Waals surface area (Å²) in [5.74, 6) is -1.28. The standard InChI is InChI=1S/C29H26FN5O2/c1-18-3-7-20(8-4-18)15-31-33-26-14-27-23(13-25(26)30)28(36)24(17-35(27)22-11-12-22)29(37)34-32-16-21-9-5-19(2)6-10-21/h3-10,13-17,22,33H,11-12H2,1-2H3,(H,34,37)/b31-15+,32-16+. The lowest BCUT2D eigenvalue weighted by Crippen LogP contribution is -2.27. The fourth-order valence-electron chi connectivity index (χ4n) is 3.98. The molecule has 0 saturated heterocycles. The number of nitrogens with one attached hydrogen (secondary N) is 2. The van der Waals surface area contributed by atoms with Gasteiger partial charge in [-0.3, -0.25) is 15.0 Å². The summed E-state index contributed by atoms with van der Waals surface area (Å²) in [6.07, 6.45) is 6.47. The molecule has 0 spiro atoms. The lowest BCUT2D eigenvalue weighted by molar-refractivity contribution is 0.0953. The van der Waals surface area contributed by atoms with E-state index < -0.39 is 17.2 Å². The largest absolute Gasteiger partial charge is 0.343 e. The summed E-state index contributed by atoms with van der Waals surface area (Å²) in [5.41, 5.74) is 9.14. The van der Waals surface area contributed by atoms with Crippen molar-refractivity contribution in [3.63, 3.8) is 0 Å². The molecule has 1 fully saturated rings. The molecule has 1 aliphatic rings. The van der Waals surface area contributed by atoms with Crippen LogP contribution in [0.3, 0.4) is 0 Å². The van der Waals surface area contributed by atoms with E-state index in [9.17, 15) is 14.0 Å². The molecule has 7 nitrogen and oxygen atoms in total. The van der Waals surface area contributed by atoms with Gasteiger partial charge in [-0.1, -0.05) is 59.7 Å². The van der Waals surface area contributed by atoms with E-state index in [0.717, 1.165) is 41.2 Å². The van der Waals surface area contributed by atoms with Crippen LogP contribution in [-0.4, -0.2) is 22.9 Å². The van der Waals surface area contributed by atoms with Gasteiger partial charge in [0.05, 0.1) is 23.6 Å². The lowest BCUT2D eigenvalue weighted by Gasteiger charge is -2.14. The Balaban J connectivity index is 1.42. The van der Waals surface area contributed by atoms with Crippen molar-refractivity contribution in [2.45, 2.75) is 32.7 Å². The summed E-state index contributed by atoms with van der Waals surface area (Å²) in [6, 6.07) is 18.3. The van der Waals surface area contributed by atoms with Crippen LogP contribution in [0.4, 0.5) is 10.1 Å². The summed E-state index contributed by atoms with van der Waals surface area (Å²) in [5, 5.41) is 8.26. The van der Waals surface area contributed by atoms with E-state index in [2.05, 4.69) is 21.1 Å². The average molecular weight is 496 g/mol. The fourth-order valence-corrected chi connectivity index (χ4v) is 3.98. The molecule has 8 heteroatoms. The Bertz CT molecular complexity index is 1580. The van der Waals surface area contributed by atoms with Crippen LogP contribution >= 0.6 is 0 Å². The maximum Gasteiger partial charge on any atom is 0.276 e. The zero-order valence-corrected chi connectivity index (χ0v) is 20.5. The van der Waals surface area contributed by atoms with Crippen molar-refractivity contribution in [1.29, 1.82) is 0 Å². The SMILES string of the molecule is Cc1ccc(/C=N/NC(=O)c2cn(C3CC3)c3cc(N/N=C/c4ccc(C)cc4)c(F)cc3c2=O)cc1. The van der Waals surface area contributed by atoms with Crippen molar-refractivity contribution < 1.29 is 9.18 Å². The fraction of sp³-hybridized carbons (Fsp3) is 0.172. The van der Waals surface area contributed by atoms with Gasteiger partial charge < -0.3 is 4.57 Å². The molecule has 5 rings (SSSR count). The number of hydrazone groups is 2. The molecule has 1 heterocycles. The molecule has 1 amide bonds. The molecule has 1 aliphatic carbocycles. The van der Waals surface area contributed by atoms with Crippen LogP contribution in [0.15, 0.2) is 81.9 Å². The van der Waals surface area contributed by atoms with Gasteiger partial charge in [0.15, 0.2) is 0 Å². The van der Waals surface area contributed by atoms with Gasteiger partial charge in [-0.15, -0.1) is 0 Å². The minimum Gasteiger partial charge on any atom is -0.343 e. The molecule has 1 saturated carbocycles. The van der Waals surface area contributed by atoms with E-state index in [4.69, 9.17) is 0 Å². The topological polar surface area (TPSA) is 87.8 Å². The molecule has 0 radical (unpaired) electrons. The highest BCUT2D eigenvalue weighted by molar-refractivity contribution is 5.98. The number of hydrogen-bond acceptors (Lipinski definition) is 5. The number of hydrogen-bond donors (Lipinski definition) is 2. The first-order valence-electron chi connectivity index (χ1n) is 12.0. The van der Waals surface area contributed by atoms with Crippen LogP contribution in [-0.2, 0) is 0 Å². The monoisotopic (exact) mass is 495 g/mol. The van der Waals surface area contributed by atoms with E-state index >= 15 is 0 Å². The second-order valence-corrected chi connectivity index (χ2v) is 9.25. The summed E-state index contributed by atoms with van der Waals surface area (Å²) in [7, 11) is 0. The second kappa shape index (κ2) is 10.2. The van der Waals surface area contributed by atoms with Crippen LogP contribution in [0.2, 0.25) is 0 Å². The number of rotatable bonds is 7. The number of fused-ring (bicyclic) bond motifs is 1. The maximum atomic E-state index is 15.0. The predicted octanol–water partition coefficient (Wildman–Crippen LogP) is 5.30. The third kappa shape index (κ3) is 5.48. The van der Waals surface area contributed by atoms with Crippen LogP contribution in [0.5, 0.6) is 0 Å². The molecule has 37 heavy (non-hydrogen) atoms. The highest BCUT2D eigenvalue weighted by atomic mass is 19.1. The number of aromatic nitrogens is 1. The Morgan fingerprint density at radius 2 is 1.54 bits per heavy atom. The number of nitrogens with zero attached hydrogens (tertiary/aromatic N) is 3. The minimum atomic E-state index is -0.644. The molecular weight excluding hydrogens is 469 g/mol. The van der Waals surface area contributed by atoms with Crippen LogP contribution < -0.4 is 16.3 Å². The summed E-state index contributed by atoms with van der Waals surface area (Å²) in [6.45, 7) is 3.98. The second-order valence-electron chi connectivity index (χ2n) is 9.25. The summed E-state index contributed by atoms with van der Waals surface area (Å²) in [4.78, 5) is 26.0. The molecule has 0 unspecified atom stereocenters. The van der Waals surface area contributed by atoms with Gasteiger partial charge in [0.1, 0.15) is 11.4 Å². The van der Waals surface area contributed by atoms with E-state index in [1.807, 2.05) is 66.9 Å². The molecule has 0 bridgehead atoms. The first-order chi connectivity index (χ1) is 17.9. The zero-order chi connectivity index (χ0) is 25.9. The Morgan fingerprint density at radius 3 is 2.14 bits per heavy atom. The first-order valence-corrected chi connectivity index (χ1v) is 12.0. The van der Waals surface area contributed by atoms with Crippen molar-refractivity contribution >= 4 is 34.9 Å². The zero-order valence-electron chi connectivity index (χ0n) is 20.5. The van der Waals surface area contributed by atoms with E-state index in [1.165, 1.54) is 12.4 Å². The van der Waals surface area contributed by atoms with Gasteiger partial charge in [0.25, 0.3) is 5.91 Å². The summed E-state index contributed by atoms with van der Waals surface area (Å²) >= 11 is 0. The molecule has 0 aliphatic heterocycles. The van der Waals surface area contributed by atoms with E-state index in [1.54, 1.807) is 12.3 Å². The van der Waals surface area contributed by atoms with Crippen LogP contribution in [0.25, 0.3) is 10.9 Å². The van der Waals surface area contributed by atoms with Crippen molar-refractivity contribution in [2.75, 3.05) is 5.43 Å². The number of halogens is 1. The van der Waals surface area contributed by atoms with Crippen molar-refractivity contribution in [3.05, 3.63) is 111 Å². The van der Waals surface area contributed by atoms with Gasteiger partial charge in [-0.05, 0) is 49.9 Å². The Hall–Kier alpha value is -4.59. The number of benzene rings is 3. The van der Waals surface area contributed by atoms with Crippen LogP contribution in [0, 0.1) is 19.7 Å². The van der Waals surface area contributed by atoms with Gasteiger partial charge in [0, 0.05) is 17.6 Å². The molecule has 1 aromatic heterocycles. The third-order valence-corrected chi connectivity index (χ3v) is 6.24. The quantitative estimate of drug-likeness (QED) is 0.269. The maximum absolute atomic E-state index is 15.0. The number of amides is 1. The van der Waals surface area contributed by atoms with Gasteiger partial charge in [0.2, 0.25) is 5.43 Å². The van der Waals surface area contributed by atoms with Gasteiger partial charge in [-0.25, -0.2) is 9.82 Å². The van der Waals surface area contributed by atoms with Crippen molar-refractivity contribution in [3.8, 4) is 0 Å². The van der Waals surface area contributed by atoms with Gasteiger partial charge >= 0.3 is 0 Å². The number of carbonyl (C=O) groups excluding carboxylic acids is 1. The van der Waals surface area contributed by atoms with Crippen LogP contribution in [0.1, 0.15) is 51.5 Å². The molecule has 3 aromatic carbocycles. The first kappa shape index (κ1) is 24.1. The highest BCUT2D eigenvalue weighted by Gasteiger charge is 2.27. The lowest BCUT2D eigenvalue weighted by atomic mass is 10.1. The number of pyridine rings is 1. The Morgan fingerprint density at radius 1 is 0.946 bits per heavy atom. The Kier molecular flexibility index (Phi) is 6.64. The molecular formula is C29H26FN5O2. The van der Waals surface area contributed by atoms with Crippen molar-refractivity contribution in [2.24, 2.45) is 10.2 Å².